The third-order valence-electron chi connectivity index (χ3n) is 3.01. The summed E-state index contributed by atoms with van der Waals surface area (Å²) in [6.45, 7) is 3.59. The molecule has 4 heteroatoms. The largest absolute Gasteiger partial charge is 0.313 e. The standard InChI is InChI=1S/C16H16BrF2N/c1-2-7-20-10-11-3-5-13(16(19)8-11)14-9-12(17)4-6-15(14)18/h3-6,8-9,20H,2,7,10H2,1H3. The Balaban J connectivity index is 2.27. The van der Waals surface area contributed by atoms with Crippen molar-refractivity contribution in [2.45, 2.75) is 19.9 Å². The molecular formula is C16H16BrF2N. The Hall–Kier alpha value is -1.26. The number of rotatable bonds is 5. The van der Waals surface area contributed by atoms with Gasteiger partial charge in [-0.3, -0.25) is 0 Å². The van der Waals surface area contributed by atoms with Gasteiger partial charge in [-0.2, -0.15) is 0 Å². The van der Waals surface area contributed by atoms with Gasteiger partial charge in [0.15, 0.2) is 0 Å². The average molecular weight is 340 g/mol. The maximum atomic E-state index is 14.1. The molecular weight excluding hydrogens is 324 g/mol. The molecule has 0 aromatic heterocycles. The lowest BCUT2D eigenvalue weighted by atomic mass is 10.0. The first-order valence-corrected chi connectivity index (χ1v) is 7.35. The van der Waals surface area contributed by atoms with Crippen LogP contribution >= 0.6 is 15.9 Å². The van der Waals surface area contributed by atoms with Gasteiger partial charge >= 0.3 is 0 Å². The van der Waals surface area contributed by atoms with Crippen LogP contribution in [0, 0.1) is 11.6 Å². The van der Waals surface area contributed by atoms with Gasteiger partial charge in [0.25, 0.3) is 0 Å². The van der Waals surface area contributed by atoms with Crippen LogP contribution in [0.25, 0.3) is 11.1 Å². The molecule has 0 heterocycles. The van der Waals surface area contributed by atoms with Crippen LogP contribution in [0.4, 0.5) is 8.78 Å². The van der Waals surface area contributed by atoms with Crippen LogP contribution in [0.1, 0.15) is 18.9 Å². The van der Waals surface area contributed by atoms with Crippen molar-refractivity contribution in [2.75, 3.05) is 6.54 Å². The second-order valence-electron chi connectivity index (χ2n) is 4.62. The van der Waals surface area contributed by atoms with E-state index in [0.29, 0.717) is 6.54 Å². The molecule has 0 bridgehead atoms. The molecule has 1 N–H and O–H groups in total. The summed E-state index contributed by atoms with van der Waals surface area (Å²) in [6, 6.07) is 9.42. The molecule has 0 spiro atoms. The minimum Gasteiger partial charge on any atom is -0.313 e. The lowest BCUT2D eigenvalue weighted by molar-refractivity contribution is 0.611. The van der Waals surface area contributed by atoms with Crippen LogP contribution < -0.4 is 5.32 Å². The van der Waals surface area contributed by atoms with Gasteiger partial charge < -0.3 is 5.32 Å². The molecule has 0 amide bonds. The maximum absolute atomic E-state index is 14.1. The second-order valence-corrected chi connectivity index (χ2v) is 5.53. The van der Waals surface area contributed by atoms with Crippen molar-refractivity contribution in [2.24, 2.45) is 0 Å². The van der Waals surface area contributed by atoms with E-state index in [-0.39, 0.29) is 11.1 Å². The van der Waals surface area contributed by atoms with E-state index in [4.69, 9.17) is 0 Å². The first kappa shape index (κ1) is 15.1. The fourth-order valence-corrected chi connectivity index (χ4v) is 2.36. The first-order chi connectivity index (χ1) is 9.61. The quantitative estimate of drug-likeness (QED) is 0.764. The van der Waals surface area contributed by atoms with Gasteiger partial charge in [0.05, 0.1) is 0 Å². The molecule has 106 valence electrons. The predicted octanol–water partition coefficient (Wildman–Crippen LogP) is 4.89. The van der Waals surface area contributed by atoms with E-state index in [1.54, 1.807) is 18.2 Å². The number of hydrogen-bond donors (Lipinski definition) is 1. The third-order valence-corrected chi connectivity index (χ3v) is 3.50. The van der Waals surface area contributed by atoms with E-state index in [2.05, 4.69) is 28.2 Å². The van der Waals surface area contributed by atoms with Crippen molar-refractivity contribution in [3.05, 3.63) is 58.1 Å². The topological polar surface area (TPSA) is 12.0 Å². The van der Waals surface area contributed by atoms with Crippen LogP contribution in [0.3, 0.4) is 0 Å². The molecule has 2 aromatic rings. The normalized spacial score (nSPS) is 10.8. The van der Waals surface area contributed by atoms with E-state index in [1.165, 1.54) is 12.1 Å². The van der Waals surface area contributed by atoms with Gasteiger partial charge in [0.2, 0.25) is 0 Å². The third kappa shape index (κ3) is 3.64. The second kappa shape index (κ2) is 6.95. The monoisotopic (exact) mass is 339 g/mol. The highest BCUT2D eigenvalue weighted by molar-refractivity contribution is 9.10. The molecule has 0 aliphatic heterocycles. The molecule has 2 aromatic carbocycles. The minimum atomic E-state index is -0.427. The highest BCUT2D eigenvalue weighted by atomic mass is 79.9. The van der Waals surface area contributed by atoms with Gasteiger partial charge in [0.1, 0.15) is 11.6 Å². The molecule has 0 unspecified atom stereocenters. The average Bonchev–Trinajstić information content (AvgIpc) is 2.42. The Labute approximate surface area is 126 Å². The molecule has 1 nitrogen and oxygen atoms in total. The fraction of sp³-hybridized carbons (Fsp3) is 0.250. The molecule has 0 atom stereocenters. The van der Waals surface area contributed by atoms with Crippen molar-refractivity contribution in [3.63, 3.8) is 0 Å². The van der Waals surface area contributed by atoms with Gasteiger partial charge in [-0.15, -0.1) is 0 Å². The van der Waals surface area contributed by atoms with E-state index in [9.17, 15) is 8.78 Å². The Kier molecular flexibility index (Phi) is 5.26. The molecule has 2 rings (SSSR count). The highest BCUT2D eigenvalue weighted by Gasteiger charge is 2.11. The molecule has 0 saturated carbocycles. The van der Waals surface area contributed by atoms with Crippen molar-refractivity contribution < 1.29 is 8.78 Å². The highest BCUT2D eigenvalue weighted by Crippen LogP contribution is 2.28. The van der Waals surface area contributed by atoms with Crippen LogP contribution in [0.2, 0.25) is 0 Å². The Morgan fingerprint density at radius 2 is 1.80 bits per heavy atom. The molecule has 20 heavy (non-hydrogen) atoms. The Morgan fingerprint density at radius 3 is 2.50 bits per heavy atom. The lowest BCUT2D eigenvalue weighted by Gasteiger charge is -2.09. The molecule has 0 saturated heterocycles. The first-order valence-electron chi connectivity index (χ1n) is 6.56. The van der Waals surface area contributed by atoms with Gasteiger partial charge in [-0.1, -0.05) is 35.0 Å². The van der Waals surface area contributed by atoms with Crippen molar-refractivity contribution in [1.82, 2.24) is 5.32 Å². The zero-order valence-corrected chi connectivity index (χ0v) is 12.8. The summed E-state index contributed by atoms with van der Waals surface area (Å²) in [5, 5.41) is 3.21. The predicted molar refractivity (Wildman–Crippen MR) is 81.5 cm³/mol. The summed E-state index contributed by atoms with van der Waals surface area (Å²) < 4.78 is 28.7. The van der Waals surface area contributed by atoms with Crippen LogP contribution in [-0.4, -0.2) is 6.54 Å². The van der Waals surface area contributed by atoms with Gasteiger partial charge in [-0.25, -0.2) is 8.78 Å². The van der Waals surface area contributed by atoms with Crippen molar-refractivity contribution in [1.29, 1.82) is 0 Å². The minimum absolute atomic E-state index is 0.268. The van der Waals surface area contributed by atoms with Gasteiger partial charge in [0, 0.05) is 22.1 Å². The van der Waals surface area contributed by atoms with E-state index >= 15 is 0 Å². The van der Waals surface area contributed by atoms with Crippen molar-refractivity contribution >= 4 is 15.9 Å². The fourth-order valence-electron chi connectivity index (χ4n) is 2.00. The van der Waals surface area contributed by atoms with Crippen LogP contribution in [-0.2, 0) is 6.54 Å². The molecule has 0 aliphatic carbocycles. The SMILES string of the molecule is CCCNCc1ccc(-c2cc(Br)ccc2F)c(F)c1. The lowest BCUT2D eigenvalue weighted by Crippen LogP contribution is -2.13. The van der Waals surface area contributed by atoms with Gasteiger partial charge in [-0.05, 0) is 42.8 Å². The molecule has 0 radical (unpaired) electrons. The molecule has 0 fully saturated rings. The zero-order chi connectivity index (χ0) is 14.5. The number of nitrogens with one attached hydrogen (secondary N) is 1. The van der Waals surface area contributed by atoms with Crippen molar-refractivity contribution in [3.8, 4) is 11.1 Å². The molecule has 0 aliphatic rings. The van der Waals surface area contributed by atoms with E-state index in [0.717, 1.165) is 23.0 Å². The zero-order valence-electron chi connectivity index (χ0n) is 11.2. The summed E-state index contributed by atoms with van der Waals surface area (Å²) in [5.41, 5.74) is 1.41. The Morgan fingerprint density at radius 1 is 1.00 bits per heavy atom. The summed E-state index contributed by atoms with van der Waals surface area (Å²) in [7, 11) is 0. The number of hydrogen-bond acceptors (Lipinski definition) is 1. The van der Waals surface area contributed by atoms with E-state index < -0.39 is 11.6 Å². The summed E-state index contributed by atoms with van der Waals surface area (Å²) >= 11 is 3.28. The summed E-state index contributed by atoms with van der Waals surface area (Å²) in [5.74, 6) is -0.832. The summed E-state index contributed by atoms with van der Waals surface area (Å²) in [6.07, 6.45) is 1.03. The van der Waals surface area contributed by atoms with Crippen LogP contribution in [0.15, 0.2) is 40.9 Å². The smallest absolute Gasteiger partial charge is 0.131 e. The number of benzene rings is 2. The summed E-state index contributed by atoms with van der Waals surface area (Å²) in [4.78, 5) is 0. The maximum Gasteiger partial charge on any atom is 0.131 e. The Bertz CT molecular complexity index is 599. The van der Waals surface area contributed by atoms with Crippen LogP contribution in [0.5, 0.6) is 0 Å². The number of halogens is 3. The van der Waals surface area contributed by atoms with E-state index in [1.807, 2.05) is 6.07 Å².